The van der Waals surface area contributed by atoms with Crippen molar-refractivity contribution in [1.82, 2.24) is 5.32 Å². The van der Waals surface area contributed by atoms with Gasteiger partial charge in [-0.15, -0.1) is 0 Å². The summed E-state index contributed by atoms with van der Waals surface area (Å²) in [5.41, 5.74) is 0.957. The van der Waals surface area contributed by atoms with Crippen molar-refractivity contribution in [2.45, 2.75) is 38.5 Å². The molecule has 0 saturated carbocycles. The van der Waals surface area contributed by atoms with Crippen LogP contribution in [-0.4, -0.2) is 18.8 Å². The summed E-state index contributed by atoms with van der Waals surface area (Å²) in [6.07, 6.45) is 2.70. The summed E-state index contributed by atoms with van der Waals surface area (Å²) in [7, 11) is 0. The number of fused-ring (bicyclic) bond motifs is 1. The van der Waals surface area contributed by atoms with E-state index in [0.717, 1.165) is 30.9 Å². The summed E-state index contributed by atoms with van der Waals surface area (Å²) in [6.45, 7) is 3.84. The predicted molar refractivity (Wildman–Crippen MR) is 71.5 cm³/mol. The fraction of sp³-hybridized carbons (Fsp3) is 0.467. The van der Waals surface area contributed by atoms with Gasteiger partial charge in [0.15, 0.2) is 0 Å². The summed E-state index contributed by atoms with van der Waals surface area (Å²) >= 11 is 0. The van der Waals surface area contributed by atoms with E-state index >= 15 is 0 Å². The Balaban J connectivity index is 1.62. The van der Waals surface area contributed by atoms with Gasteiger partial charge in [-0.1, -0.05) is 18.2 Å². The average molecular weight is 245 g/mol. The molecular weight excluding hydrogens is 226 g/mol. The van der Waals surface area contributed by atoms with Gasteiger partial charge in [0.05, 0.1) is 12.6 Å². The minimum atomic E-state index is 0.356. The fourth-order valence-electron chi connectivity index (χ4n) is 2.51. The van der Waals surface area contributed by atoms with Crippen LogP contribution in [0.3, 0.4) is 0 Å². The second-order valence-electron chi connectivity index (χ2n) is 4.97. The van der Waals surface area contributed by atoms with Crippen LogP contribution in [0.5, 0.6) is 0 Å². The minimum Gasteiger partial charge on any atom is -0.460 e. The summed E-state index contributed by atoms with van der Waals surface area (Å²) in [6, 6.07) is 10.6. The Kier molecular flexibility index (Phi) is 3.35. The first-order valence-corrected chi connectivity index (χ1v) is 6.65. The van der Waals surface area contributed by atoms with Crippen LogP contribution in [0, 0.1) is 0 Å². The molecule has 1 saturated heterocycles. The van der Waals surface area contributed by atoms with Gasteiger partial charge in [0, 0.05) is 18.0 Å². The van der Waals surface area contributed by atoms with Crippen molar-refractivity contribution in [2.75, 3.05) is 6.61 Å². The zero-order chi connectivity index (χ0) is 12.4. The molecule has 0 aliphatic carbocycles. The second-order valence-corrected chi connectivity index (χ2v) is 4.97. The van der Waals surface area contributed by atoms with Gasteiger partial charge in [-0.3, -0.25) is 0 Å². The molecule has 0 radical (unpaired) electrons. The smallest absolute Gasteiger partial charge is 0.134 e. The Hall–Kier alpha value is -1.32. The highest BCUT2D eigenvalue weighted by Crippen LogP contribution is 2.19. The van der Waals surface area contributed by atoms with Crippen molar-refractivity contribution in [3.63, 3.8) is 0 Å². The SMILES string of the molecule is CC(NCc1cc2ccccc2o1)C1CCCO1. The lowest BCUT2D eigenvalue weighted by Crippen LogP contribution is -2.36. The monoisotopic (exact) mass is 245 g/mol. The molecule has 3 nitrogen and oxygen atoms in total. The molecule has 0 bridgehead atoms. The van der Waals surface area contributed by atoms with Gasteiger partial charge in [-0.05, 0) is 31.9 Å². The molecule has 1 aromatic carbocycles. The van der Waals surface area contributed by atoms with Crippen LogP contribution >= 0.6 is 0 Å². The van der Waals surface area contributed by atoms with Crippen LogP contribution in [0.15, 0.2) is 34.7 Å². The molecule has 2 aromatic rings. The van der Waals surface area contributed by atoms with Crippen molar-refractivity contribution in [1.29, 1.82) is 0 Å². The summed E-state index contributed by atoms with van der Waals surface area (Å²) in [5.74, 6) is 0.987. The topological polar surface area (TPSA) is 34.4 Å². The molecule has 1 aromatic heterocycles. The van der Waals surface area contributed by atoms with E-state index in [1.165, 1.54) is 11.8 Å². The Labute approximate surface area is 107 Å². The third-order valence-corrected chi connectivity index (χ3v) is 3.60. The summed E-state index contributed by atoms with van der Waals surface area (Å²) in [5, 5.41) is 4.65. The maximum absolute atomic E-state index is 5.78. The second kappa shape index (κ2) is 5.12. The molecule has 2 atom stereocenters. The van der Waals surface area contributed by atoms with E-state index in [1.54, 1.807) is 0 Å². The predicted octanol–water partition coefficient (Wildman–Crippen LogP) is 3.09. The molecule has 0 amide bonds. The van der Waals surface area contributed by atoms with Crippen LogP contribution in [0.2, 0.25) is 0 Å². The van der Waals surface area contributed by atoms with Crippen LogP contribution in [0.25, 0.3) is 11.0 Å². The average Bonchev–Trinajstić information content (AvgIpc) is 3.04. The maximum Gasteiger partial charge on any atom is 0.134 e. The van der Waals surface area contributed by atoms with E-state index in [0.29, 0.717) is 12.1 Å². The van der Waals surface area contributed by atoms with Crippen molar-refractivity contribution in [3.8, 4) is 0 Å². The number of nitrogens with one attached hydrogen (secondary N) is 1. The number of benzene rings is 1. The number of hydrogen-bond acceptors (Lipinski definition) is 3. The van der Waals surface area contributed by atoms with E-state index < -0.39 is 0 Å². The first-order chi connectivity index (χ1) is 8.83. The Bertz CT molecular complexity index is 481. The molecule has 2 unspecified atom stereocenters. The van der Waals surface area contributed by atoms with Crippen LogP contribution in [-0.2, 0) is 11.3 Å². The van der Waals surface area contributed by atoms with E-state index in [4.69, 9.17) is 9.15 Å². The molecule has 1 aliphatic heterocycles. The summed E-state index contributed by atoms with van der Waals surface area (Å²) < 4.78 is 11.4. The molecule has 18 heavy (non-hydrogen) atoms. The number of rotatable bonds is 4. The van der Waals surface area contributed by atoms with Gasteiger partial charge in [-0.25, -0.2) is 0 Å². The third kappa shape index (κ3) is 2.42. The molecule has 3 rings (SSSR count). The fourth-order valence-corrected chi connectivity index (χ4v) is 2.51. The highest BCUT2D eigenvalue weighted by molar-refractivity contribution is 5.77. The Morgan fingerprint density at radius 3 is 3.06 bits per heavy atom. The third-order valence-electron chi connectivity index (χ3n) is 3.60. The van der Waals surface area contributed by atoms with E-state index in [-0.39, 0.29) is 0 Å². The molecule has 3 heteroatoms. The van der Waals surface area contributed by atoms with Gasteiger partial charge in [0.2, 0.25) is 0 Å². The van der Waals surface area contributed by atoms with Gasteiger partial charge in [-0.2, -0.15) is 0 Å². The number of furan rings is 1. The zero-order valence-electron chi connectivity index (χ0n) is 10.7. The summed E-state index contributed by atoms with van der Waals surface area (Å²) in [4.78, 5) is 0. The van der Waals surface area contributed by atoms with Crippen LogP contribution in [0.1, 0.15) is 25.5 Å². The lowest BCUT2D eigenvalue weighted by molar-refractivity contribution is 0.0826. The molecule has 2 heterocycles. The largest absolute Gasteiger partial charge is 0.460 e. The Morgan fingerprint density at radius 2 is 2.28 bits per heavy atom. The highest BCUT2D eigenvalue weighted by Gasteiger charge is 2.21. The standard InChI is InChI=1S/C15H19NO2/c1-11(14-7-4-8-17-14)16-10-13-9-12-5-2-3-6-15(12)18-13/h2-3,5-6,9,11,14,16H,4,7-8,10H2,1H3. The van der Waals surface area contributed by atoms with E-state index in [1.807, 2.05) is 18.2 Å². The molecule has 96 valence electrons. The van der Waals surface area contributed by atoms with Crippen molar-refractivity contribution >= 4 is 11.0 Å². The van der Waals surface area contributed by atoms with Gasteiger partial charge in [0.1, 0.15) is 11.3 Å². The van der Waals surface area contributed by atoms with Crippen LogP contribution < -0.4 is 5.32 Å². The lowest BCUT2D eigenvalue weighted by Gasteiger charge is -2.19. The normalized spacial score (nSPS) is 21.5. The molecule has 1 N–H and O–H groups in total. The van der Waals surface area contributed by atoms with Crippen molar-refractivity contribution < 1.29 is 9.15 Å². The molecule has 0 spiro atoms. The first kappa shape index (κ1) is 11.8. The lowest BCUT2D eigenvalue weighted by atomic mass is 10.1. The number of hydrogen-bond donors (Lipinski definition) is 1. The molecular formula is C15H19NO2. The zero-order valence-corrected chi connectivity index (χ0v) is 10.7. The number of ether oxygens (including phenoxy) is 1. The molecule has 1 fully saturated rings. The maximum atomic E-state index is 5.78. The van der Waals surface area contributed by atoms with E-state index in [2.05, 4.69) is 24.4 Å². The highest BCUT2D eigenvalue weighted by atomic mass is 16.5. The Morgan fingerprint density at radius 1 is 1.39 bits per heavy atom. The minimum absolute atomic E-state index is 0.356. The van der Waals surface area contributed by atoms with Crippen molar-refractivity contribution in [3.05, 3.63) is 36.1 Å². The molecule has 1 aliphatic rings. The number of para-hydroxylation sites is 1. The van der Waals surface area contributed by atoms with Gasteiger partial charge in [0.25, 0.3) is 0 Å². The quantitative estimate of drug-likeness (QED) is 0.898. The van der Waals surface area contributed by atoms with Crippen LogP contribution in [0.4, 0.5) is 0 Å². The van der Waals surface area contributed by atoms with Crippen molar-refractivity contribution in [2.24, 2.45) is 0 Å². The van der Waals surface area contributed by atoms with Gasteiger partial charge >= 0.3 is 0 Å². The van der Waals surface area contributed by atoms with Gasteiger partial charge < -0.3 is 14.5 Å². The van der Waals surface area contributed by atoms with E-state index in [9.17, 15) is 0 Å². The first-order valence-electron chi connectivity index (χ1n) is 6.65.